The maximum absolute atomic E-state index is 5.42. The van der Waals surface area contributed by atoms with Gasteiger partial charge in [-0.15, -0.1) is 11.3 Å². The Hall–Kier alpha value is -2.19. The first-order chi connectivity index (χ1) is 11.8. The molecule has 0 amide bonds. The summed E-state index contributed by atoms with van der Waals surface area (Å²) in [5.74, 6) is 1.60. The summed E-state index contributed by atoms with van der Waals surface area (Å²) in [5, 5.41) is 10.9. The van der Waals surface area contributed by atoms with Crippen molar-refractivity contribution in [3.63, 3.8) is 0 Å². The van der Waals surface area contributed by atoms with E-state index in [4.69, 9.17) is 14.7 Å². The molecule has 8 heteroatoms. The molecule has 1 aliphatic rings. The lowest BCUT2D eigenvalue weighted by atomic mass is 10.3. The summed E-state index contributed by atoms with van der Waals surface area (Å²) in [6.45, 7) is 3.90. The molecule has 0 aromatic carbocycles. The first-order valence-electron chi connectivity index (χ1n) is 8.10. The number of aromatic nitrogens is 4. The fourth-order valence-electron chi connectivity index (χ4n) is 2.81. The van der Waals surface area contributed by atoms with Gasteiger partial charge in [0.1, 0.15) is 5.82 Å². The molecule has 0 bridgehead atoms. The van der Waals surface area contributed by atoms with Crippen LogP contribution in [-0.2, 0) is 18.2 Å². The quantitative estimate of drug-likeness (QED) is 0.763. The van der Waals surface area contributed by atoms with E-state index in [2.05, 4.69) is 32.8 Å². The highest BCUT2D eigenvalue weighted by Gasteiger charge is 2.18. The molecular formula is C16H20N6OS. The van der Waals surface area contributed by atoms with Gasteiger partial charge in [0, 0.05) is 31.6 Å². The van der Waals surface area contributed by atoms with Gasteiger partial charge in [0.25, 0.3) is 0 Å². The molecule has 4 heterocycles. The number of anilines is 2. The number of thiophene rings is 1. The average molecular weight is 344 g/mol. The molecule has 4 rings (SSSR count). The molecule has 1 saturated heterocycles. The number of fused-ring (bicyclic) bond motifs is 1. The summed E-state index contributed by atoms with van der Waals surface area (Å²) >= 11 is 1.78. The van der Waals surface area contributed by atoms with Gasteiger partial charge in [-0.25, -0.2) is 0 Å². The number of aryl methyl sites for hydroxylation is 1. The predicted molar refractivity (Wildman–Crippen MR) is 95.8 cm³/mol. The van der Waals surface area contributed by atoms with Crippen LogP contribution in [0, 0.1) is 0 Å². The van der Waals surface area contributed by atoms with E-state index in [-0.39, 0.29) is 0 Å². The van der Waals surface area contributed by atoms with Gasteiger partial charge in [0.15, 0.2) is 5.65 Å². The summed E-state index contributed by atoms with van der Waals surface area (Å²) in [5.41, 5.74) is 0.852. The van der Waals surface area contributed by atoms with Crippen LogP contribution < -0.4 is 10.2 Å². The molecule has 7 nitrogen and oxygen atoms in total. The molecule has 126 valence electrons. The highest BCUT2D eigenvalue weighted by Crippen LogP contribution is 2.23. The van der Waals surface area contributed by atoms with Gasteiger partial charge in [-0.2, -0.15) is 15.1 Å². The van der Waals surface area contributed by atoms with Crippen molar-refractivity contribution < 1.29 is 4.74 Å². The lowest BCUT2D eigenvalue weighted by Crippen LogP contribution is -2.37. The third kappa shape index (κ3) is 3.07. The number of nitrogens with zero attached hydrogens (tertiary/aromatic N) is 5. The maximum atomic E-state index is 5.42. The van der Waals surface area contributed by atoms with E-state index >= 15 is 0 Å². The van der Waals surface area contributed by atoms with E-state index in [0.717, 1.165) is 48.9 Å². The minimum absolute atomic E-state index is 0.716. The van der Waals surface area contributed by atoms with Crippen LogP contribution >= 0.6 is 11.3 Å². The van der Waals surface area contributed by atoms with Crippen molar-refractivity contribution in [2.45, 2.75) is 6.42 Å². The summed E-state index contributed by atoms with van der Waals surface area (Å²) in [7, 11) is 1.91. The molecule has 0 atom stereocenters. The molecule has 0 spiro atoms. The van der Waals surface area contributed by atoms with Gasteiger partial charge in [0.2, 0.25) is 5.95 Å². The Morgan fingerprint density at radius 2 is 2.17 bits per heavy atom. The molecule has 3 aromatic rings. The Labute approximate surface area is 144 Å². The lowest BCUT2D eigenvalue weighted by molar-refractivity contribution is 0.122. The predicted octanol–water partition coefficient (Wildman–Crippen LogP) is 1.92. The van der Waals surface area contributed by atoms with Crippen molar-refractivity contribution >= 4 is 34.1 Å². The monoisotopic (exact) mass is 344 g/mol. The highest BCUT2D eigenvalue weighted by molar-refractivity contribution is 7.09. The Kier molecular flexibility index (Phi) is 4.31. The van der Waals surface area contributed by atoms with Crippen LogP contribution in [0.15, 0.2) is 23.7 Å². The zero-order chi connectivity index (χ0) is 16.4. The fraction of sp³-hybridized carbons (Fsp3) is 0.438. The van der Waals surface area contributed by atoms with Gasteiger partial charge in [-0.1, -0.05) is 6.07 Å². The number of nitrogens with one attached hydrogen (secondary N) is 1. The second-order valence-corrected chi connectivity index (χ2v) is 6.77. The van der Waals surface area contributed by atoms with Crippen LogP contribution in [0.2, 0.25) is 0 Å². The Morgan fingerprint density at radius 1 is 1.29 bits per heavy atom. The highest BCUT2D eigenvalue weighted by atomic mass is 32.1. The number of hydrogen-bond acceptors (Lipinski definition) is 7. The zero-order valence-electron chi connectivity index (χ0n) is 13.6. The minimum Gasteiger partial charge on any atom is -0.378 e. The van der Waals surface area contributed by atoms with Crippen molar-refractivity contribution in [2.24, 2.45) is 7.05 Å². The SMILES string of the molecule is Cn1ncc2c(NCCc3cccs3)nc(N3CCOCC3)nc21. The lowest BCUT2D eigenvalue weighted by Gasteiger charge is -2.27. The normalized spacial score (nSPS) is 15.1. The molecular weight excluding hydrogens is 324 g/mol. The van der Waals surface area contributed by atoms with Crippen LogP contribution in [0.4, 0.5) is 11.8 Å². The summed E-state index contributed by atoms with van der Waals surface area (Å²) in [6.07, 6.45) is 2.81. The van der Waals surface area contributed by atoms with Crippen LogP contribution in [0.5, 0.6) is 0 Å². The van der Waals surface area contributed by atoms with Crippen molar-refractivity contribution in [1.82, 2.24) is 19.7 Å². The largest absolute Gasteiger partial charge is 0.378 e. The van der Waals surface area contributed by atoms with Crippen molar-refractivity contribution in [2.75, 3.05) is 43.1 Å². The average Bonchev–Trinajstić information content (AvgIpc) is 3.26. The summed E-state index contributed by atoms with van der Waals surface area (Å²) in [6, 6.07) is 4.24. The number of morpholine rings is 1. The Bertz CT molecular complexity index is 809. The van der Waals surface area contributed by atoms with E-state index in [0.29, 0.717) is 13.2 Å². The molecule has 24 heavy (non-hydrogen) atoms. The zero-order valence-corrected chi connectivity index (χ0v) is 14.4. The van der Waals surface area contributed by atoms with Gasteiger partial charge in [-0.3, -0.25) is 4.68 Å². The van der Waals surface area contributed by atoms with Gasteiger partial charge >= 0.3 is 0 Å². The van der Waals surface area contributed by atoms with Crippen LogP contribution in [-0.4, -0.2) is 52.6 Å². The second-order valence-electron chi connectivity index (χ2n) is 5.73. The fourth-order valence-corrected chi connectivity index (χ4v) is 3.52. The molecule has 0 unspecified atom stereocenters. The maximum Gasteiger partial charge on any atom is 0.229 e. The van der Waals surface area contributed by atoms with Gasteiger partial charge < -0.3 is 15.0 Å². The molecule has 1 N–H and O–H groups in total. The van der Waals surface area contributed by atoms with Crippen LogP contribution in [0.25, 0.3) is 11.0 Å². The topological polar surface area (TPSA) is 68.1 Å². The second kappa shape index (κ2) is 6.74. The van der Waals surface area contributed by atoms with Crippen molar-refractivity contribution in [1.29, 1.82) is 0 Å². The molecule has 0 radical (unpaired) electrons. The number of rotatable bonds is 5. The molecule has 3 aromatic heterocycles. The molecule has 1 aliphatic heterocycles. The van der Waals surface area contributed by atoms with E-state index in [1.165, 1.54) is 4.88 Å². The number of ether oxygens (including phenoxy) is 1. The third-order valence-corrected chi connectivity index (χ3v) is 5.05. The van der Waals surface area contributed by atoms with Gasteiger partial charge in [0.05, 0.1) is 24.8 Å². The Balaban J connectivity index is 1.59. The van der Waals surface area contributed by atoms with E-state index < -0.39 is 0 Å². The van der Waals surface area contributed by atoms with Crippen LogP contribution in [0.3, 0.4) is 0 Å². The Morgan fingerprint density at radius 3 is 2.96 bits per heavy atom. The van der Waals surface area contributed by atoms with Gasteiger partial charge in [-0.05, 0) is 17.9 Å². The standard InChI is InChI=1S/C16H20N6OS/c1-21-15-13(11-18-21)14(17-5-4-12-3-2-10-24-12)19-16(20-15)22-6-8-23-9-7-22/h2-3,10-11H,4-9H2,1H3,(H,17,19,20). The van der Waals surface area contributed by atoms with E-state index in [1.54, 1.807) is 16.0 Å². The minimum atomic E-state index is 0.716. The van der Waals surface area contributed by atoms with Crippen LogP contribution in [0.1, 0.15) is 4.88 Å². The van der Waals surface area contributed by atoms with E-state index in [1.807, 2.05) is 13.2 Å². The third-order valence-electron chi connectivity index (χ3n) is 4.12. The summed E-state index contributed by atoms with van der Waals surface area (Å²) in [4.78, 5) is 13.0. The number of hydrogen-bond donors (Lipinski definition) is 1. The first-order valence-corrected chi connectivity index (χ1v) is 8.98. The molecule has 0 aliphatic carbocycles. The first kappa shape index (κ1) is 15.3. The van der Waals surface area contributed by atoms with Crippen molar-refractivity contribution in [3.8, 4) is 0 Å². The molecule has 1 fully saturated rings. The van der Waals surface area contributed by atoms with Crippen molar-refractivity contribution in [3.05, 3.63) is 28.6 Å². The van der Waals surface area contributed by atoms with E-state index in [9.17, 15) is 0 Å². The smallest absolute Gasteiger partial charge is 0.229 e. The summed E-state index contributed by atoms with van der Waals surface area (Å²) < 4.78 is 7.22. The molecule has 0 saturated carbocycles.